The van der Waals surface area contributed by atoms with Crippen molar-refractivity contribution in [3.63, 3.8) is 0 Å². The van der Waals surface area contributed by atoms with Crippen molar-refractivity contribution >= 4 is 5.97 Å². The van der Waals surface area contributed by atoms with E-state index in [0.717, 1.165) is 12.1 Å². The molecule has 5 heteroatoms. The predicted octanol–water partition coefficient (Wildman–Crippen LogP) is 0.0772. The first kappa shape index (κ1) is 9.73. The summed E-state index contributed by atoms with van der Waals surface area (Å²) in [4.78, 5) is 10.2. The average Bonchev–Trinajstić information content (AvgIpc) is 2.52. The fourth-order valence-corrected chi connectivity index (χ4v) is 0.984. The molecular formula is C8H13N3O2. The quantitative estimate of drug-likeness (QED) is 0.678. The van der Waals surface area contributed by atoms with Crippen molar-refractivity contribution < 1.29 is 9.90 Å². The average molecular weight is 183 g/mol. The number of nitrogens with one attached hydrogen (secondary N) is 1. The molecule has 1 rings (SSSR count). The molecule has 1 heterocycles. The summed E-state index contributed by atoms with van der Waals surface area (Å²) in [7, 11) is 0. The molecule has 0 radical (unpaired) electrons. The van der Waals surface area contributed by atoms with Crippen LogP contribution in [0.1, 0.15) is 12.5 Å². The molecule has 0 amide bonds. The molecule has 13 heavy (non-hydrogen) atoms. The maximum Gasteiger partial charge on any atom is 0.317 e. The van der Waals surface area contributed by atoms with Crippen LogP contribution >= 0.6 is 0 Å². The second kappa shape index (κ2) is 4.61. The van der Waals surface area contributed by atoms with E-state index in [-0.39, 0.29) is 6.54 Å². The Labute approximate surface area is 76.4 Å². The zero-order valence-corrected chi connectivity index (χ0v) is 7.53. The summed E-state index contributed by atoms with van der Waals surface area (Å²) >= 11 is 0. The Kier molecular flexibility index (Phi) is 3.45. The summed E-state index contributed by atoms with van der Waals surface area (Å²) in [5.41, 5.74) is 1.00. The van der Waals surface area contributed by atoms with Crippen LogP contribution in [0.25, 0.3) is 0 Å². The van der Waals surface area contributed by atoms with Gasteiger partial charge < -0.3 is 10.4 Å². The van der Waals surface area contributed by atoms with Gasteiger partial charge in [0.2, 0.25) is 0 Å². The van der Waals surface area contributed by atoms with Crippen molar-refractivity contribution in [2.45, 2.75) is 20.0 Å². The van der Waals surface area contributed by atoms with Crippen molar-refractivity contribution in [1.82, 2.24) is 15.1 Å². The van der Waals surface area contributed by atoms with E-state index in [2.05, 4.69) is 10.4 Å². The number of aliphatic carboxylic acids is 1. The van der Waals surface area contributed by atoms with Crippen LogP contribution in [0.4, 0.5) is 0 Å². The number of hydrogen-bond donors (Lipinski definition) is 2. The highest BCUT2D eigenvalue weighted by molar-refractivity contribution is 5.68. The summed E-state index contributed by atoms with van der Waals surface area (Å²) in [6, 6.07) is 0. The normalized spacial score (nSPS) is 10.2. The van der Waals surface area contributed by atoms with Crippen LogP contribution in [0, 0.1) is 0 Å². The highest BCUT2D eigenvalue weighted by Gasteiger charge is 1.98. The van der Waals surface area contributed by atoms with Crippen LogP contribution in [0.2, 0.25) is 0 Å². The highest BCUT2D eigenvalue weighted by Crippen LogP contribution is 1.96. The minimum atomic E-state index is -0.845. The Morgan fingerprint density at radius 1 is 1.77 bits per heavy atom. The minimum Gasteiger partial charge on any atom is -0.480 e. The van der Waals surface area contributed by atoms with Crippen molar-refractivity contribution in [2.75, 3.05) is 6.54 Å². The van der Waals surface area contributed by atoms with Crippen molar-refractivity contribution in [3.05, 3.63) is 18.0 Å². The van der Waals surface area contributed by atoms with Gasteiger partial charge in [-0.1, -0.05) is 0 Å². The first-order valence-corrected chi connectivity index (χ1v) is 4.16. The molecule has 0 aliphatic rings. The molecule has 0 spiro atoms. The molecule has 0 saturated carbocycles. The third kappa shape index (κ3) is 3.25. The van der Waals surface area contributed by atoms with Gasteiger partial charge in [0.05, 0.1) is 12.7 Å². The lowest BCUT2D eigenvalue weighted by atomic mass is 10.3. The Morgan fingerprint density at radius 3 is 3.08 bits per heavy atom. The zero-order valence-electron chi connectivity index (χ0n) is 7.53. The first-order valence-electron chi connectivity index (χ1n) is 4.16. The summed E-state index contributed by atoms with van der Waals surface area (Å²) < 4.78 is 1.80. The number of carboxylic acid groups (broad SMARTS) is 1. The monoisotopic (exact) mass is 183 g/mol. The third-order valence-electron chi connectivity index (χ3n) is 1.62. The van der Waals surface area contributed by atoms with Gasteiger partial charge in [0.25, 0.3) is 0 Å². The van der Waals surface area contributed by atoms with Gasteiger partial charge in [-0.15, -0.1) is 0 Å². The molecule has 0 fully saturated rings. The van der Waals surface area contributed by atoms with E-state index < -0.39 is 5.97 Å². The highest BCUT2D eigenvalue weighted by atomic mass is 16.4. The number of aryl methyl sites for hydroxylation is 1. The smallest absolute Gasteiger partial charge is 0.317 e. The SMILES string of the molecule is CCn1cc(CNCC(=O)O)cn1. The van der Waals surface area contributed by atoms with Crippen molar-refractivity contribution in [1.29, 1.82) is 0 Å². The van der Waals surface area contributed by atoms with E-state index in [9.17, 15) is 4.79 Å². The van der Waals surface area contributed by atoms with Gasteiger partial charge in [-0.25, -0.2) is 0 Å². The zero-order chi connectivity index (χ0) is 9.68. The van der Waals surface area contributed by atoms with Gasteiger partial charge in [-0.2, -0.15) is 5.10 Å². The second-order valence-electron chi connectivity index (χ2n) is 2.70. The molecule has 1 aromatic heterocycles. The number of nitrogens with zero attached hydrogens (tertiary/aromatic N) is 2. The molecule has 0 saturated heterocycles. The van der Waals surface area contributed by atoms with Crippen LogP contribution in [-0.4, -0.2) is 27.4 Å². The summed E-state index contributed by atoms with van der Waals surface area (Å²) in [5, 5.41) is 15.2. The maximum atomic E-state index is 10.2. The fourth-order valence-electron chi connectivity index (χ4n) is 0.984. The van der Waals surface area contributed by atoms with Gasteiger partial charge in [0, 0.05) is 24.8 Å². The lowest BCUT2D eigenvalue weighted by Crippen LogP contribution is -2.21. The lowest BCUT2D eigenvalue weighted by Gasteiger charge is -1.97. The number of carbonyl (C=O) groups is 1. The molecule has 0 aliphatic heterocycles. The van der Waals surface area contributed by atoms with Crippen LogP contribution in [-0.2, 0) is 17.9 Å². The molecule has 0 atom stereocenters. The Balaban J connectivity index is 2.32. The largest absolute Gasteiger partial charge is 0.480 e. The molecule has 2 N–H and O–H groups in total. The van der Waals surface area contributed by atoms with Gasteiger partial charge in [0.15, 0.2) is 0 Å². The van der Waals surface area contributed by atoms with E-state index in [1.165, 1.54) is 0 Å². The summed E-state index contributed by atoms with van der Waals surface area (Å²) in [6.07, 6.45) is 3.63. The number of carboxylic acids is 1. The molecule has 0 aromatic carbocycles. The predicted molar refractivity (Wildman–Crippen MR) is 47.2 cm³/mol. The molecule has 1 aromatic rings. The minimum absolute atomic E-state index is 0.0166. The van der Waals surface area contributed by atoms with Gasteiger partial charge in [-0.3, -0.25) is 9.48 Å². The van der Waals surface area contributed by atoms with Crippen LogP contribution in [0.15, 0.2) is 12.4 Å². The Hall–Kier alpha value is -1.36. The maximum absolute atomic E-state index is 10.2. The first-order chi connectivity index (χ1) is 6.22. The van der Waals surface area contributed by atoms with Gasteiger partial charge in [-0.05, 0) is 6.92 Å². The van der Waals surface area contributed by atoms with Crippen LogP contribution in [0.3, 0.4) is 0 Å². The number of hydrogen-bond acceptors (Lipinski definition) is 3. The molecule has 0 bridgehead atoms. The topological polar surface area (TPSA) is 67.2 Å². The fraction of sp³-hybridized carbons (Fsp3) is 0.500. The van der Waals surface area contributed by atoms with E-state index in [1.807, 2.05) is 13.1 Å². The number of aromatic nitrogens is 2. The van der Waals surface area contributed by atoms with E-state index >= 15 is 0 Å². The molecule has 72 valence electrons. The van der Waals surface area contributed by atoms with E-state index in [0.29, 0.717) is 6.54 Å². The standard InChI is InChI=1S/C8H13N3O2/c1-2-11-6-7(4-10-11)3-9-5-8(12)13/h4,6,9H,2-3,5H2,1H3,(H,12,13). The molecule has 0 unspecified atom stereocenters. The molecule has 0 aliphatic carbocycles. The summed E-state index contributed by atoms with van der Waals surface area (Å²) in [6.45, 7) is 3.37. The second-order valence-corrected chi connectivity index (χ2v) is 2.70. The van der Waals surface area contributed by atoms with E-state index in [1.54, 1.807) is 10.9 Å². The van der Waals surface area contributed by atoms with Gasteiger partial charge >= 0.3 is 5.97 Å². The summed E-state index contributed by atoms with van der Waals surface area (Å²) in [5.74, 6) is -0.845. The van der Waals surface area contributed by atoms with E-state index in [4.69, 9.17) is 5.11 Å². The van der Waals surface area contributed by atoms with Gasteiger partial charge in [0.1, 0.15) is 0 Å². The van der Waals surface area contributed by atoms with Crippen LogP contribution < -0.4 is 5.32 Å². The Bertz CT molecular complexity index is 283. The van der Waals surface area contributed by atoms with Crippen molar-refractivity contribution in [2.24, 2.45) is 0 Å². The molecule has 5 nitrogen and oxygen atoms in total. The lowest BCUT2D eigenvalue weighted by molar-refractivity contribution is -0.135. The third-order valence-corrected chi connectivity index (χ3v) is 1.62. The van der Waals surface area contributed by atoms with Crippen LogP contribution in [0.5, 0.6) is 0 Å². The molecular weight excluding hydrogens is 170 g/mol. The Morgan fingerprint density at radius 2 is 2.54 bits per heavy atom. The van der Waals surface area contributed by atoms with Crippen molar-refractivity contribution in [3.8, 4) is 0 Å². The number of rotatable bonds is 5.